The van der Waals surface area contributed by atoms with Gasteiger partial charge in [0.25, 0.3) is 0 Å². The standard InChI is InChI=1S/C30H62N/c1-6-11-14-17-20-23-27-31(30(10-5)26-9-4,28-24-21-18-15-12-7-2)29-25-22-19-16-13-8-3/h10,30H,5-9,11-29H2,1-4H3/q+1. The van der Waals surface area contributed by atoms with Gasteiger partial charge in [0.05, 0.1) is 19.6 Å². The quantitative estimate of drug-likeness (QED) is 0.0758. The van der Waals surface area contributed by atoms with Crippen molar-refractivity contribution >= 4 is 0 Å². The lowest BCUT2D eigenvalue weighted by Gasteiger charge is -2.45. The highest BCUT2D eigenvalue weighted by atomic mass is 15.4. The van der Waals surface area contributed by atoms with Gasteiger partial charge >= 0.3 is 0 Å². The minimum Gasteiger partial charge on any atom is -0.318 e. The first-order chi connectivity index (χ1) is 15.2. The van der Waals surface area contributed by atoms with Gasteiger partial charge in [0.15, 0.2) is 0 Å². The fourth-order valence-corrected chi connectivity index (χ4v) is 5.37. The molecule has 0 aliphatic rings. The van der Waals surface area contributed by atoms with E-state index in [1.54, 1.807) is 0 Å². The highest BCUT2D eigenvalue weighted by molar-refractivity contribution is 4.81. The zero-order valence-electron chi connectivity index (χ0n) is 22.6. The Morgan fingerprint density at radius 2 is 0.806 bits per heavy atom. The van der Waals surface area contributed by atoms with Gasteiger partial charge in [0.2, 0.25) is 0 Å². The third-order valence-corrected chi connectivity index (χ3v) is 7.43. The fourth-order valence-electron chi connectivity index (χ4n) is 5.37. The molecular weight excluding hydrogens is 374 g/mol. The topological polar surface area (TPSA) is 0 Å². The minimum atomic E-state index is 0.673. The second kappa shape index (κ2) is 22.9. The Labute approximate surface area is 199 Å². The molecular formula is C30H62N+. The molecule has 0 aromatic carbocycles. The smallest absolute Gasteiger partial charge is 0.107 e. The summed E-state index contributed by atoms with van der Waals surface area (Å²) in [6.45, 7) is 17.9. The summed E-state index contributed by atoms with van der Waals surface area (Å²) in [4.78, 5) is 0. The number of quaternary nitrogens is 1. The molecule has 0 aliphatic carbocycles. The van der Waals surface area contributed by atoms with Crippen LogP contribution >= 0.6 is 0 Å². The molecule has 0 rings (SSSR count). The first-order valence-corrected chi connectivity index (χ1v) is 14.7. The summed E-state index contributed by atoms with van der Waals surface area (Å²) >= 11 is 0. The Kier molecular flexibility index (Phi) is 22.7. The molecule has 0 saturated carbocycles. The average molecular weight is 437 g/mol. The maximum Gasteiger partial charge on any atom is 0.107 e. The summed E-state index contributed by atoms with van der Waals surface area (Å²) in [6, 6.07) is 0.673. The molecule has 0 radical (unpaired) electrons. The van der Waals surface area contributed by atoms with Crippen molar-refractivity contribution in [3.8, 4) is 0 Å². The molecule has 0 spiro atoms. The van der Waals surface area contributed by atoms with Crippen molar-refractivity contribution in [1.29, 1.82) is 0 Å². The molecule has 0 heterocycles. The van der Waals surface area contributed by atoms with Crippen LogP contribution in [0.25, 0.3) is 0 Å². The van der Waals surface area contributed by atoms with E-state index in [4.69, 9.17) is 0 Å². The first kappa shape index (κ1) is 30.7. The molecule has 1 unspecified atom stereocenters. The van der Waals surface area contributed by atoms with Crippen LogP contribution in [0.2, 0.25) is 0 Å². The molecule has 1 atom stereocenters. The monoisotopic (exact) mass is 436 g/mol. The van der Waals surface area contributed by atoms with E-state index in [2.05, 4.69) is 40.3 Å². The summed E-state index contributed by atoms with van der Waals surface area (Å²) in [5.74, 6) is 0. The van der Waals surface area contributed by atoms with Crippen LogP contribution < -0.4 is 0 Å². The third kappa shape index (κ3) is 16.0. The highest BCUT2D eigenvalue weighted by Crippen LogP contribution is 2.25. The highest BCUT2D eigenvalue weighted by Gasteiger charge is 2.33. The van der Waals surface area contributed by atoms with Gasteiger partial charge in [-0.25, -0.2) is 0 Å². The van der Waals surface area contributed by atoms with Crippen LogP contribution in [0.5, 0.6) is 0 Å². The predicted octanol–water partition coefficient (Wildman–Crippen LogP) is 10.2. The number of nitrogens with zero attached hydrogens (tertiary/aromatic N) is 1. The molecule has 186 valence electrons. The van der Waals surface area contributed by atoms with E-state index in [-0.39, 0.29) is 0 Å². The SMILES string of the molecule is C=CC(CCC)[N+](CCCCCCCC)(CCCCCCCC)CCCCCCCC. The van der Waals surface area contributed by atoms with E-state index in [0.29, 0.717) is 6.04 Å². The summed E-state index contributed by atoms with van der Waals surface area (Å²) in [5.41, 5.74) is 0. The van der Waals surface area contributed by atoms with Crippen LogP contribution in [-0.4, -0.2) is 30.2 Å². The summed E-state index contributed by atoms with van der Waals surface area (Å²) in [7, 11) is 0. The van der Waals surface area contributed by atoms with Crippen LogP contribution in [0, 0.1) is 0 Å². The van der Waals surface area contributed by atoms with Crippen LogP contribution in [-0.2, 0) is 0 Å². The molecule has 0 fully saturated rings. The zero-order chi connectivity index (χ0) is 23.0. The van der Waals surface area contributed by atoms with Gasteiger partial charge < -0.3 is 4.48 Å². The van der Waals surface area contributed by atoms with Crippen molar-refractivity contribution in [3.05, 3.63) is 12.7 Å². The van der Waals surface area contributed by atoms with E-state index in [0.717, 1.165) is 0 Å². The Morgan fingerprint density at radius 3 is 1.10 bits per heavy atom. The number of unbranched alkanes of at least 4 members (excludes halogenated alkanes) is 15. The Hall–Kier alpha value is -0.300. The normalized spacial score (nSPS) is 12.9. The van der Waals surface area contributed by atoms with E-state index in [1.165, 1.54) is 153 Å². The fraction of sp³-hybridized carbons (Fsp3) is 0.933. The van der Waals surface area contributed by atoms with Crippen molar-refractivity contribution in [1.82, 2.24) is 0 Å². The van der Waals surface area contributed by atoms with Gasteiger partial charge in [-0.05, 0) is 44.6 Å². The second-order valence-corrected chi connectivity index (χ2v) is 10.3. The number of hydrogen-bond acceptors (Lipinski definition) is 0. The largest absolute Gasteiger partial charge is 0.318 e. The maximum atomic E-state index is 4.34. The van der Waals surface area contributed by atoms with E-state index >= 15 is 0 Å². The average Bonchev–Trinajstić information content (AvgIpc) is 2.78. The van der Waals surface area contributed by atoms with Crippen molar-refractivity contribution in [2.45, 2.75) is 162 Å². The van der Waals surface area contributed by atoms with Gasteiger partial charge in [-0.2, -0.15) is 0 Å². The Morgan fingerprint density at radius 1 is 0.484 bits per heavy atom. The zero-order valence-corrected chi connectivity index (χ0v) is 22.6. The van der Waals surface area contributed by atoms with Crippen LogP contribution in [0.4, 0.5) is 0 Å². The molecule has 1 heteroatoms. The third-order valence-electron chi connectivity index (χ3n) is 7.43. The lowest BCUT2D eigenvalue weighted by Crippen LogP contribution is -2.56. The first-order valence-electron chi connectivity index (χ1n) is 14.7. The molecule has 0 aromatic heterocycles. The Bertz CT molecular complexity index is 321. The summed E-state index contributed by atoms with van der Waals surface area (Å²) in [6.07, 6.45) is 30.5. The van der Waals surface area contributed by atoms with Gasteiger partial charge in [0, 0.05) is 6.42 Å². The summed E-state index contributed by atoms with van der Waals surface area (Å²) in [5, 5.41) is 0. The maximum absolute atomic E-state index is 4.34. The van der Waals surface area contributed by atoms with Crippen molar-refractivity contribution < 1.29 is 4.48 Å². The van der Waals surface area contributed by atoms with Crippen molar-refractivity contribution in [3.63, 3.8) is 0 Å². The van der Waals surface area contributed by atoms with E-state index in [9.17, 15) is 0 Å². The molecule has 1 nitrogen and oxygen atoms in total. The molecule has 0 saturated heterocycles. The molecule has 0 aliphatic heterocycles. The van der Waals surface area contributed by atoms with Crippen LogP contribution in [0.1, 0.15) is 156 Å². The van der Waals surface area contributed by atoms with Gasteiger partial charge in [-0.1, -0.05) is 118 Å². The van der Waals surface area contributed by atoms with Crippen LogP contribution in [0.3, 0.4) is 0 Å². The number of rotatable bonds is 25. The van der Waals surface area contributed by atoms with Crippen molar-refractivity contribution in [2.75, 3.05) is 19.6 Å². The number of hydrogen-bond donors (Lipinski definition) is 0. The lowest BCUT2D eigenvalue weighted by atomic mass is 10.0. The van der Waals surface area contributed by atoms with E-state index < -0.39 is 0 Å². The lowest BCUT2D eigenvalue weighted by molar-refractivity contribution is -0.946. The van der Waals surface area contributed by atoms with Gasteiger partial charge in [-0.15, -0.1) is 0 Å². The van der Waals surface area contributed by atoms with Gasteiger partial charge in [-0.3, -0.25) is 0 Å². The molecule has 0 bridgehead atoms. The predicted molar refractivity (Wildman–Crippen MR) is 144 cm³/mol. The minimum absolute atomic E-state index is 0.673. The summed E-state index contributed by atoms with van der Waals surface area (Å²) < 4.78 is 1.35. The Balaban J connectivity index is 4.95. The van der Waals surface area contributed by atoms with Crippen LogP contribution in [0.15, 0.2) is 12.7 Å². The van der Waals surface area contributed by atoms with E-state index in [1.807, 2.05) is 0 Å². The molecule has 0 amide bonds. The molecule has 0 aromatic rings. The molecule has 0 N–H and O–H groups in total. The second-order valence-electron chi connectivity index (χ2n) is 10.3. The van der Waals surface area contributed by atoms with Gasteiger partial charge in [0.1, 0.15) is 6.04 Å². The van der Waals surface area contributed by atoms with Crippen molar-refractivity contribution in [2.24, 2.45) is 0 Å². The molecule has 31 heavy (non-hydrogen) atoms.